The van der Waals surface area contributed by atoms with Gasteiger partial charge < -0.3 is 25.9 Å². The molecular weight excluding hydrogens is 638 g/mol. The van der Waals surface area contributed by atoms with Gasteiger partial charge in [-0.1, -0.05) is 5.16 Å². The topological polar surface area (TPSA) is 185 Å². The normalized spacial score (nSPS) is 22.4. The molecule has 3 amide bonds. The molecule has 4 rings (SSSR count). The number of esters is 2. The first-order valence-electron chi connectivity index (χ1n) is 11.8. The predicted octanol–water partition coefficient (Wildman–Crippen LogP) is 1.30. The summed E-state index contributed by atoms with van der Waals surface area (Å²) in [7, 11) is 0. The van der Waals surface area contributed by atoms with Crippen LogP contribution in [0.5, 0.6) is 0 Å². The van der Waals surface area contributed by atoms with E-state index in [0.717, 1.165) is 29.2 Å². The second-order valence-corrected chi connectivity index (χ2v) is 11.0. The average Bonchev–Trinajstić information content (AvgIpc) is 3.33. The van der Waals surface area contributed by atoms with Gasteiger partial charge >= 0.3 is 24.3 Å². The smallest absolute Gasteiger partial charge is 0.410 e. The molecule has 3 aliphatic heterocycles. The predicted molar refractivity (Wildman–Crippen MR) is 134 cm³/mol. The number of nitrogens with zero attached hydrogens (tertiary/aromatic N) is 4. The number of hydrogen-bond acceptors (Lipinski definition) is 12. The van der Waals surface area contributed by atoms with E-state index in [-0.39, 0.29) is 47.1 Å². The van der Waals surface area contributed by atoms with Crippen LogP contribution in [0.3, 0.4) is 0 Å². The van der Waals surface area contributed by atoms with Crippen molar-refractivity contribution < 1.29 is 60.3 Å². The zero-order valence-electron chi connectivity index (χ0n) is 21.2. The Morgan fingerprint density at radius 3 is 2.51 bits per heavy atom. The highest BCUT2D eigenvalue weighted by Crippen LogP contribution is 2.42. The summed E-state index contributed by atoms with van der Waals surface area (Å²) in [6.07, 6.45) is -9.28. The first-order valence-corrected chi connectivity index (χ1v) is 13.8. The van der Waals surface area contributed by atoms with Crippen molar-refractivity contribution in [2.24, 2.45) is 5.16 Å². The summed E-state index contributed by atoms with van der Waals surface area (Å²) in [5.41, 5.74) is 3.38. The number of carbonyl (C=O) groups excluding carboxylic acids is 5. The number of anilines is 1. The SMILES string of the molecule is Nc1nc(/C(=N/O)C(=O)N[C@@H]2C(=O)N3C(C(=O)OC(=O)C(F)(F)F)=C(C=C4CCCN(CC(F)(F)F)C4=O)CS[C@H]23)cs1. The molecule has 0 bridgehead atoms. The minimum Gasteiger partial charge on any atom is -0.410 e. The number of carbonyl (C=O) groups is 5. The molecule has 0 aromatic carbocycles. The molecule has 0 radical (unpaired) electrons. The number of oxime groups is 1. The van der Waals surface area contributed by atoms with E-state index in [1.807, 2.05) is 0 Å². The summed E-state index contributed by atoms with van der Waals surface area (Å²) < 4.78 is 81.1. The van der Waals surface area contributed by atoms with Crippen LogP contribution in [-0.4, -0.2) is 98.0 Å². The molecule has 1 aromatic rings. The van der Waals surface area contributed by atoms with Gasteiger partial charge in [-0.05, 0) is 24.5 Å². The van der Waals surface area contributed by atoms with E-state index >= 15 is 0 Å². The van der Waals surface area contributed by atoms with Crippen molar-refractivity contribution in [3.63, 3.8) is 0 Å². The summed E-state index contributed by atoms with van der Waals surface area (Å²) in [6.45, 7) is -1.79. The average molecular weight is 657 g/mol. The largest absolute Gasteiger partial charge is 0.491 e. The molecule has 0 aliphatic carbocycles. The number of allylic oxidation sites excluding steroid dienone is 1. The van der Waals surface area contributed by atoms with Crippen molar-refractivity contribution in [2.75, 3.05) is 24.6 Å². The van der Waals surface area contributed by atoms with Crippen molar-refractivity contribution >= 4 is 63.6 Å². The van der Waals surface area contributed by atoms with E-state index in [0.29, 0.717) is 9.80 Å². The Labute approximate surface area is 244 Å². The van der Waals surface area contributed by atoms with Crippen LogP contribution in [0.1, 0.15) is 18.5 Å². The molecule has 43 heavy (non-hydrogen) atoms. The molecule has 0 saturated carbocycles. The molecule has 2 saturated heterocycles. The lowest BCUT2D eigenvalue weighted by Crippen LogP contribution is -2.71. The van der Waals surface area contributed by atoms with Gasteiger partial charge in [0.05, 0.1) is 0 Å². The summed E-state index contributed by atoms with van der Waals surface area (Å²) in [4.78, 5) is 67.6. The van der Waals surface area contributed by atoms with Gasteiger partial charge in [-0.3, -0.25) is 19.3 Å². The standard InChI is InChI=1S/C22H18F6N6O7S2/c23-21(24,25)7-33-3-1-2-8(15(33)36)4-9-5-42-17-12(31-14(35)11(32-40)10-6-43-20(29)30-10)16(37)34(17)13(9)18(38)41-19(39)22(26,27)28/h4,6,12,17,40H,1-3,5,7H2,(H2,29,30)(H,31,35)/b8-4?,32-11-/t12-,17-/m1/s1. The van der Waals surface area contributed by atoms with Gasteiger partial charge in [0.1, 0.15) is 29.4 Å². The maximum absolute atomic E-state index is 13.1. The highest BCUT2D eigenvalue weighted by molar-refractivity contribution is 8.00. The number of amides is 3. The maximum atomic E-state index is 13.1. The molecule has 2 atom stereocenters. The molecule has 2 fully saturated rings. The minimum atomic E-state index is -5.59. The molecule has 3 aliphatic rings. The molecule has 13 nitrogen and oxygen atoms in total. The fraction of sp³-hybridized carbons (Fsp3) is 0.409. The maximum Gasteiger partial charge on any atom is 0.491 e. The number of fused-ring (bicyclic) bond motifs is 1. The number of piperidine rings is 1. The number of aromatic nitrogens is 1. The molecule has 232 valence electrons. The van der Waals surface area contributed by atoms with Gasteiger partial charge in [-0.25, -0.2) is 14.6 Å². The van der Waals surface area contributed by atoms with Crippen molar-refractivity contribution in [2.45, 2.75) is 36.6 Å². The lowest BCUT2D eigenvalue weighted by Gasteiger charge is -2.49. The van der Waals surface area contributed by atoms with E-state index in [2.05, 4.69) is 20.2 Å². The number of rotatable bonds is 6. The van der Waals surface area contributed by atoms with Gasteiger partial charge in [0.2, 0.25) is 5.91 Å². The number of nitrogens with two attached hydrogens (primary N) is 1. The Morgan fingerprint density at radius 1 is 1.23 bits per heavy atom. The van der Waals surface area contributed by atoms with Gasteiger partial charge in [-0.2, -0.15) is 26.3 Å². The first kappa shape index (κ1) is 31.8. The molecule has 4 N–H and O–H groups in total. The molecule has 1 aromatic heterocycles. The van der Waals surface area contributed by atoms with Gasteiger partial charge in [-0.15, -0.1) is 23.1 Å². The van der Waals surface area contributed by atoms with Crippen LogP contribution in [-0.2, 0) is 28.7 Å². The highest BCUT2D eigenvalue weighted by atomic mass is 32.2. The third kappa shape index (κ3) is 6.76. The van der Waals surface area contributed by atoms with Crippen molar-refractivity contribution in [3.05, 3.63) is 34.0 Å². The van der Waals surface area contributed by atoms with E-state index < -0.39 is 71.4 Å². The lowest BCUT2D eigenvalue weighted by atomic mass is 9.98. The molecule has 4 heterocycles. The Bertz CT molecular complexity index is 1470. The van der Waals surface area contributed by atoms with E-state index in [1.54, 1.807) is 0 Å². The van der Waals surface area contributed by atoms with Crippen molar-refractivity contribution in [3.8, 4) is 0 Å². The fourth-order valence-electron chi connectivity index (χ4n) is 4.34. The van der Waals surface area contributed by atoms with Crippen LogP contribution in [0.25, 0.3) is 0 Å². The zero-order chi connectivity index (χ0) is 31.9. The minimum absolute atomic E-state index is 0.0269. The van der Waals surface area contributed by atoms with Gasteiger partial charge in [0.15, 0.2) is 10.8 Å². The van der Waals surface area contributed by atoms with Crippen LogP contribution in [0.2, 0.25) is 0 Å². The summed E-state index contributed by atoms with van der Waals surface area (Å²) in [5.74, 6) is -8.32. The van der Waals surface area contributed by atoms with Crippen LogP contribution < -0.4 is 11.1 Å². The Morgan fingerprint density at radius 2 is 1.93 bits per heavy atom. The first-order chi connectivity index (χ1) is 20.0. The number of ether oxygens (including phenoxy) is 1. The fourth-order valence-corrected chi connectivity index (χ4v) is 6.19. The van der Waals surface area contributed by atoms with Crippen molar-refractivity contribution in [1.82, 2.24) is 20.1 Å². The number of nitrogen functional groups attached to an aromatic ring is 1. The Balaban J connectivity index is 1.64. The van der Waals surface area contributed by atoms with Crippen molar-refractivity contribution in [1.29, 1.82) is 0 Å². The summed E-state index contributed by atoms with van der Waals surface area (Å²) in [5, 5.41) is 14.5. The lowest BCUT2D eigenvalue weighted by molar-refractivity contribution is -0.201. The summed E-state index contributed by atoms with van der Waals surface area (Å²) in [6, 6.07) is -1.42. The van der Waals surface area contributed by atoms with E-state index in [1.165, 1.54) is 5.38 Å². The van der Waals surface area contributed by atoms with E-state index in [9.17, 15) is 55.5 Å². The highest BCUT2D eigenvalue weighted by Gasteiger charge is 2.55. The number of thioether (sulfide) groups is 1. The number of hydrogen-bond donors (Lipinski definition) is 3. The van der Waals surface area contributed by atoms with Crippen LogP contribution in [0.4, 0.5) is 31.5 Å². The second-order valence-electron chi connectivity index (χ2n) is 9.04. The van der Waals surface area contributed by atoms with Crippen LogP contribution in [0, 0.1) is 0 Å². The quantitative estimate of drug-likeness (QED) is 0.0590. The third-order valence-corrected chi connectivity index (χ3v) is 8.10. The summed E-state index contributed by atoms with van der Waals surface area (Å²) >= 11 is 1.78. The number of likely N-dealkylation sites (tertiary alicyclic amines) is 1. The van der Waals surface area contributed by atoms with Gasteiger partial charge in [0.25, 0.3) is 11.8 Å². The molecule has 0 unspecified atom stereocenters. The van der Waals surface area contributed by atoms with E-state index in [4.69, 9.17) is 5.73 Å². The Kier molecular flexibility index (Phi) is 8.77. The number of thiazole rings is 1. The van der Waals surface area contributed by atoms with Gasteiger partial charge in [0, 0.05) is 23.3 Å². The third-order valence-electron chi connectivity index (χ3n) is 6.13. The number of β-lactam (4-membered cyclic amide) rings is 1. The van der Waals surface area contributed by atoms with Crippen LogP contribution >= 0.6 is 23.1 Å². The molecule has 0 spiro atoms. The number of alkyl halides is 6. The number of nitrogens with one attached hydrogen (secondary N) is 1. The molecular formula is C22H18F6N6O7S2. The Hall–Kier alpha value is -4.14. The monoisotopic (exact) mass is 656 g/mol. The zero-order valence-corrected chi connectivity index (χ0v) is 22.8. The van der Waals surface area contributed by atoms with Crippen LogP contribution in [0.15, 0.2) is 33.5 Å². The number of halogens is 6. The molecule has 21 heteroatoms. The second kappa shape index (κ2) is 11.9.